The minimum absolute atomic E-state index is 0.409. The van der Waals surface area contributed by atoms with E-state index in [0.717, 1.165) is 0 Å². The van der Waals surface area contributed by atoms with Crippen molar-refractivity contribution in [2.24, 2.45) is 0 Å². The monoisotopic (exact) mass is 254 g/mol. The van der Waals surface area contributed by atoms with Gasteiger partial charge in [0.05, 0.1) is 0 Å². The van der Waals surface area contributed by atoms with Crippen molar-refractivity contribution in [1.82, 2.24) is 0 Å². The van der Waals surface area contributed by atoms with Crippen LogP contribution in [0, 0.1) is 0 Å². The minimum atomic E-state index is -1.27. The minimum Gasteiger partial charge on any atom is -0.507 e. The number of alkyl halides is 5. The maximum atomic E-state index is 12.7. The van der Waals surface area contributed by atoms with Gasteiger partial charge in [-0.2, -0.15) is 0 Å². The molecule has 0 bridgehead atoms. The zero-order valence-electron chi connectivity index (χ0n) is 8.87. The Kier molecular flexibility index (Phi) is 4.72. The highest BCUT2D eigenvalue weighted by Crippen LogP contribution is 2.36. The molecular formula is C11H11F5O. The van der Waals surface area contributed by atoms with Crippen LogP contribution in [0.15, 0.2) is 0 Å². The van der Waals surface area contributed by atoms with Gasteiger partial charge in [-0.25, -0.2) is 22.0 Å². The van der Waals surface area contributed by atoms with E-state index in [2.05, 4.69) is 0 Å². The molecule has 1 aromatic carbocycles. The summed E-state index contributed by atoms with van der Waals surface area (Å²) in [4.78, 5) is 0. The van der Waals surface area contributed by atoms with Gasteiger partial charge in [0.1, 0.15) is 39.1 Å². The predicted octanol–water partition coefficient (Wildman–Crippen LogP) is 3.74. The van der Waals surface area contributed by atoms with Crippen LogP contribution < -0.4 is 0 Å². The van der Waals surface area contributed by atoms with Crippen LogP contribution in [0.25, 0.3) is 0 Å². The number of hydrogen-bond acceptors (Lipinski definition) is 1. The maximum absolute atomic E-state index is 12.7. The lowest BCUT2D eigenvalue weighted by Gasteiger charge is -2.17. The number of phenolic OH excluding ortho intramolecular Hbond substituents is 1. The first-order valence-corrected chi connectivity index (χ1v) is 4.83. The molecule has 0 amide bonds. The Morgan fingerprint density at radius 2 is 0.765 bits per heavy atom. The van der Waals surface area contributed by atoms with E-state index in [9.17, 15) is 27.1 Å². The molecule has 0 aliphatic heterocycles. The first-order chi connectivity index (χ1) is 8.15. The van der Waals surface area contributed by atoms with Crippen LogP contribution in [-0.2, 0) is 33.4 Å². The average Bonchev–Trinajstić information content (AvgIpc) is 2.36. The zero-order chi connectivity index (χ0) is 13.0. The van der Waals surface area contributed by atoms with Crippen molar-refractivity contribution in [2.75, 3.05) is 0 Å². The molecule has 1 N–H and O–H groups in total. The number of hydrogen-bond donors (Lipinski definition) is 1. The van der Waals surface area contributed by atoms with Crippen LogP contribution in [-0.4, -0.2) is 5.11 Å². The van der Waals surface area contributed by atoms with Crippen LogP contribution in [0.1, 0.15) is 27.8 Å². The molecule has 0 spiro atoms. The van der Waals surface area contributed by atoms with Gasteiger partial charge in [0.25, 0.3) is 0 Å². The summed E-state index contributed by atoms with van der Waals surface area (Å²) in [6.07, 6.45) is 0. The first-order valence-electron chi connectivity index (χ1n) is 4.83. The molecule has 0 radical (unpaired) electrons. The first kappa shape index (κ1) is 13.7. The fraction of sp³-hybridized carbons (Fsp3) is 0.455. The molecule has 96 valence electrons. The number of halogens is 5. The summed E-state index contributed by atoms with van der Waals surface area (Å²) in [5.41, 5.74) is -2.29. The summed E-state index contributed by atoms with van der Waals surface area (Å²) < 4.78 is 63.4. The third kappa shape index (κ3) is 2.21. The highest BCUT2D eigenvalue weighted by molar-refractivity contribution is 5.54. The van der Waals surface area contributed by atoms with Crippen molar-refractivity contribution in [2.45, 2.75) is 33.4 Å². The van der Waals surface area contributed by atoms with Crippen molar-refractivity contribution >= 4 is 0 Å². The number of benzene rings is 1. The number of rotatable bonds is 5. The van der Waals surface area contributed by atoms with Crippen LogP contribution in [0.2, 0.25) is 0 Å². The molecule has 0 aliphatic rings. The Hall–Kier alpha value is -1.33. The summed E-state index contributed by atoms with van der Waals surface area (Å²) in [5.74, 6) is -0.826. The molecule has 17 heavy (non-hydrogen) atoms. The van der Waals surface area contributed by atoms with E-state index in [1.54, 1.807) is 0 Å². The molecular weight excluding hydrogens is 243 g/mol. The smallest absolute Gasteiger partial charge is 0.127 e. The second kappa shape index (κ2) is 5.84. The quantitative estimate of drug-likeness (QED) is 0.793. The Labute approximate surface area is 94.9 Å². The predicted molar refractivity (Wildman–Crippen MR) is 52.2 cm³/mol. The average molecular weight is 254 g/mol. The van der Waals surface area contributed by atoms with Gasteiger partial charge in [-0.3, -0.25) is 0 Å². The van der Waals surface area contributed by atoms with E-state index in [1.807, 2.05) is 0 Å². The van der Waals surface area contributed by atoms with Crippen LogP contribution >= 0.6 is 0 Å². The second-order valence-electron chi connectivity index (χ2n) is 3.41. The molecule has 1 nitrogen and oxygen atoms in total. The van der Waals surface area contributed by atoms with Crippen LogP contribution in [0.4, 0.5) is 22.0 Å². The Morgan fingerprint density at radius 1 is 0.529 bits per heavy atom. The summed E-state index contributed by atoms with van der Waals surface area (Å²) in [7, 11) is 0. The van der Waals surface area contributed by atoms with Gasteiger partial charge >= 0.3 is 0 Å². The lowest BCUT2D eigenvalue weighted by Crippen LogP contribution is -2.06. The Balaban J connectivity index is 3.66. The van der Waals surface area contributed by atoms with Gasteiger partial charge in [-0.15, -0.1) is 0 Å². The van der Waals surface area contributed by atoms with E-state index in [-0.39, 0.29) is 0 Å². The maximum Gasteiger partial charge on any atom is 0.127 e. The normalized spacial score (nSPS) is 10.9. The lowest BCUT2D eigenvalue weighted by molar-refractivity contribution is 0.382. The molecule has 0 atom stereocenters. The van der Waals surface area contributed by atoms with E-state index in [0.29, 0.717) is 0 Å². The van der Waals surface area contributed by atoms with Crippen molar-refractivity contribution in [1.29, 1.82) is 0 Å². The molecule has 1 rings (SSSR count). The largest absolute Gasteiger partial charge is 0.507 e. The fourth-order valence-corrected chi connectivity index (χ4v) is 1.79. The zero-order valence-corrected chi connectivity index (χ0v) is 8.87. The van der Waals surface area contributed by atoms with Gasteiger partial charge in [-0.1, -0.05) is 0 Å². The van der Waals surface area contributed by atoms with Gasteiger partial charge < -0.3 is 5.11 Å². The third-order valence-electron chi connectivity index (χ3n) is 2.70. The van der Waals surface area contributed by atoms with Crippen molar-refractivity contribution in [3.05, 3.63) is 27.8 Å². The van der Waals surface area contributed by atoms with Gasteiger partial charge in [0.15, 0.2) is 0 Å². The van der Waals surface area contributed by atoms with Gasteiger partial charge in [-0.05, 0) is 16.7 Å². The van der Waals surface area contributed by atoms with Crippen LogP contribution in [0.5, 0.6) is 5.75 Å². The van der Waals surface area contributed by atoms with Crippen molar-refractivity contribution in [3.8, 4) is 5.75 Å². The molecule has 0 aromatic heterocycles. The number of aromatic hydroxyl groups is 1. The summed E-state index contributed by atoms with van der Waals surface area (Å²) in [6, 6.07) is 0. The molecule has 0 fully saturated rings. The third-order valence-corrected chi connectivity index (χ3v) is 2.70. The molecule has 0 saturated carbocycles. The van der Waals surface area contributed by atoms with E-state index in [1.165, 1.54) is 0 Å². The molecule has 0 heterocycles. The molecule has 0 aliphatic carbocycles. The van der Waals surface area contributed by atoms with E-state index >= 15 is 0 Å². The summed E-state index contributed by atoms with van der Waals surface area (Å²) in [6.45, 7) is -6.26. The molecule has 1 aromatic rings. The van der Waals surface area contributed by atoms with Crippen molar-refractivity contribution in [3.63, 3.8) is 0 Å². The molecule has 0 unspecified atom stereocenters. The lowest BCUT2D eigenvalue weighted by atomic mass is 9.92. The van der Waals surface area contributed by atoms with Crippen molar-refractivity contribution < 1.29 is 27.1 Å². The molecule has 0 saturated heterocycles. The molecule has 6 heteroatoms. The summed E-state index contributed by atoms with van der Waals surface area (Å²) >= 11 is 0. The van der Waals surface area contributed by atoms with Crippen LogP contribution in [0.3, 0.4) is 0 Å². The SMILES string of the molecule is Oc1c(CF)c(CF)c(CF)c(CF)c1CF. The van der Waals surface area contributed by atoms with Gasteiger partial charge in [0, 0.05) is 11.1 Å². The highest BCUT2D eigenvalue weighted by Gasteiger charge is 2.23. The summed E-state index contributed by atoms with van der Waals surface area (Å²) in [5, 5.41) is 9.50. The second-order valence-corrected chi connectivity index (χ2v) is 3.41. The standard InChI is InChI=1S/C11H11F5O/c12-1-6-7(2-13)9(4-15)11(17)10(5-16)8(6)3-14/h17H,1-5H2. The van der Waals surface area contributed by atoms with E-state index in [4.69, 9.17) is 0 Å². The van der Waals surface area contributed by atoms with Gasteiger partial charge in [0.2, 0.25) is 0 Å². The Morgan fingerprint density at radius 3 is 1.00 bits per heavy atom. The highest BCUT2D eigenvalue weighted by atomic mass is 19.1. The topological polar surface area (TPSA) is 20.2 Å². The van der Waals surface area contributed by atoms with E-state index < -0.39 is 66.9 Å². The fourth-order valence-electron chi connectivity index (χ4n) is 1.79. The Bertz CT molecular complexity index is 372. The number of phenols is 1.